The minimum Gasteiger partial charge on any atom is -0.476 e. The third-order valence-corrected chi connectivity index (χ3v) is 3.54. The van der Waals surface area contributed by atoms with E-state index in [0.29, 0.717) is 0 Å². The van der Waals surface area contributed by atoms with E-state index in [0.717, 1.165) is 25.5 Å². The lowest BCUT2D eigenvalue weighted by molar-refractivity contribution is 0.0689. The summed E-state index contributed by atoms with van der Waals surface area (Å²) in [5.74, 6) is -0.115. The maximum absolute atomic E-state index is 10.8. The minimum atomic E-state index is -1.05. The molecule has 0 amide bonds. The van der Waals surface area contributed by atoms with Crippen LogP contribution in [0.15, 0.2) is 12.5 Å². The Morgan fingerprint density at radius 3 is 2.86 bits per heavy atom. The van der Waals surface area contributed by atoms with Gasteiger partial charge in [-0.2, -0.15) is 5.10 Å². The SMILES string of the molecule is CC(C)n1ncnc1CN1CC(n2cc(C(=O)O)nn2)C1. The molecule has 112 valence electrons. The molecule has 9 heteroatoms. The fourth-order valence-electron chi connectivity index (χ4n) is 2.41. The molecule has 0 aliphatic carbocycles. The Morgan fingerprint density at radius 2 is 2.24 bits per heavy atom. The van der Waals surface area contributed by atoms with E-state index in [2.05, 4.69) is 39.1 Å². The van der Waals surface area contributed by atoms with Gasteiger partial charge in [-0.1, -0.05) is 5.21 Å². The minimum absolute atomic E-state index is 0.0204. The Balaban J connectivity index is 1.58. The molecule has 3 rings (SSSR count). The van der Waals surface area contributed by atoms with Crippen molar-refractivity contribution in [2.24, 2.45) is 0 Å². The van der Waals surface area contributed by atoms with Gasteiger partial charge >= 0.3 is 5.97 Å². The van der Waals surface area contributed by atoms with Crippen molar-refractivity contribution in [2.45, 2.75) is 32.5 Å². The second-order valence-electron chi connectivity index (χ2n) is 5.45. The van der Waals surface area contributed by atoms with Crippen molar-refractivity contribution in [3.63, 3.8) is 0 Å². The smallest absolute Gasteiger partial charge is 0.358 e. The van der Waals surface area contributed by atoms with E-state index in [9.17, 15) is 4.79 Å². The van der Waals surface area contributed by atoms with E-state index in [4.69, 9.17) is 5.11 Å². The van der Waals surface area contributed by atoms with Crippen LogP contribution in [0.3, 0.4) is 0 Å². The van der Waals surface area contributed by atoms with Crippen LogP contribution >= 0.6 is 0 Å². The van der Waals surface area contributed by atoms with Gasteiger partial charge in [-0.15, -0.1) is 5.10 Å². The molecule has 2 aromatic rings. The third-order valence-electron chi connectivity index (χ3n) is 3.54. The van der Waals surface area contributed by atoms with Crippen molar-refractivity contribution >= 4 is 5.97 Å². The molecule has 0 spiro atoms. The van der Waals surface area contributed by atoms with Gasteiger partial charge in [0.2, 0.25) is 0 Å². The predicted octanol–water partition coefficient (Wildman–Crippen LogP) is 0.206. The average Bonchev–Trinajstić information content (AvgIpc) is 3.02. The van der Waals surface area contributed by atoms with Crippen LogP contribution in [0.25, 0.3) is 0 Å². The van der Waals surface area contributed by atoms with E-state index in [1.807, 2.05) is 4.68 Å². The van der Waals surface area contributed by atoms with Crippen molar-refractivity contribution < 1.29 is 9.90 Å². The van der Waals surface area contributed by atoms with Crippen molar-refractivity contribution in [1.82, 2.24) is 34.7 Å². The first-order valence-corrected chi connectivity index (χ1v) is 6.80. The maximum atomic E-state index is 10.8. The molecule has 1 saturated heterocycles. The van der Waals surface area contributed by atoms with Gasteiger partial charge in [0.25, 0.3) is 0 Å². The first-order chi connectivity index (χ1) is 10.0. The summed E-state index contributed by atoms with van der Waals surface area (Å²) in [6, 6.07) is 0.453. The number of hydrogen-bond donors (Lipinski definition) is 1. The van der Waals surface area contributed by atoms with Crippen LogP contribution in [0, 0.1) is 0 Å². The molecule has 2 aromatic heterocycles. The van der Waals surface area contributed by atoms with Gasteiger partial charge in [0.15, 0.2) is 5.69 Å². The van der Waals surface area contributed by atoms with E-state index >= 15 is 0 Å². The molecule has 1 aliphatic rings. The fourth-order valence-corrected chi connectivity index (χ4v) is 2.41. The number of hydrogen-bond acceptors (Lipinski definition) is 6. The summed E-state index contributed by atoms with van der Waals surface area (Å²) in [5, 5.41) is 20.5. The third kappa shape index (κ3) is 2.64. The summed E-state index contributed by atoms with van der Waals surface area (Å²) >= 11 is 0. The normalized spacial score (nSPS) is 16.3. The first-order valence-electron chi connectivity index (χ1n) is 6.80. The molecule has 0 bridgehead atoms. The monoisotopic (exact) mass is 291 g/mol. The van der Waals surface area contributed by atoms with E-state index in [1.54, 1.807) is 11.0 Å². The van der Waals surface area contributed by atoms with Gasteiger partial charge < -0.3 is 5.11 Å². The molecule has 1 aliphatic heterocycles. The molecule has 0 aromatic carbocycles. The Kier molecular flexibility index (Phi) is 3.42. The second-order valence-corrected chi connectivity index (χ2v) is 5.45. The molecule has 0 atom stereocenters. The van der Waals surface area contributed by atoms with Crippen LogP contribution in [0.1, 0.15) is 42.2 Å². The lowest BCUT2D eigenvalue weighted by atomic mass is 10.1. The Bertz CT molecular complexity index is 642. The van der Waals surface area contributed by atoms with Crippen LogP contribution in [0.2, 0.25) is 0 Å². The van der Waals surface area contributed by atoms with Gasteiger partial charge in [-0.05, 0) is 13.8 Å². The van der Waals surface area contributed by atoms with Gasteiger partial charge in [-0.25, -0.2) is 19.1 Å². The molecule has 9 nitrogen and oxygen atoms in total. The molecule has 21 heavy (non-hydrogen) atoms. The van der Waals surface area contributed by atoms with E-state index < -0.39 is 5.97 Å². The Morgan fingerprint density at radius 1 is 1.48 bits per heavy atom. The molecular formula is C12H17N7O2. The second kappa shape index (κ2) is 5.24. The Labute approximate surface area is 121 Å². The maximum Gasteiger partial charge on any atom is 0.358 e. The van der Waals surface area contributed by atoms with Crippen molar-refractivity contribution in [2.75, 3.05) is 13.1 Å². The zero-order chi connectivity index (χ0) is 15.0. The van der Waals surface area contributed by atoms with Crippen molar-refractivity contribution in [3.05, 3.63) is 24.0 Å². The predicted molar refractivity (Wildman–Crippen MR) is 71.7 cm³/mol. The van der Waals surface area contributed by atoms with Gasteiger partial charge in [0.05, 0.1) is 18.8 Å². The number of aromatic carboxylic acids is 1. The van der Waals surface area contributed by atoms with E-state index in [1.165, 1.54) is 6.20 Å². The molecule has 0 unspecified atom stereocenters. The van der Waals surface area contributed by atoms with Crippen LogP contribution in [-0.2, 0) is 6.54 Å². The average molecular weight is 291 g/mol. The molecule has 0 saturated carbocycles. The molecule has 0 radical (unpaired) electrons. The number of aromatic nitrogens is 6. The largest absolute Gasteiger partial charge is 0.476 e. The highest BCUT2D eigenvalue weighted by molar-refractivity contribution is 5.84. The van der Waals surface area contributed by atoms with Gasteiger partial charge in [0.1, 0.15) is 12.2 Å². The van der Waals surface area contributed by atoms with Crippen LogP contribution < -0.4 is 0 Å². The summed E-state index contributed by atoms with van der Waals surface area (Å²) in [6.45, 7) is 6.47. The lowest BCUT2D eigenvalue weighted by Crippen LogP contribution is -2.47. The number of nitrogens with zero attached hydrogens (tertiary/aromatic N) is 7. The van der Waals surface area contributed by atoms with Gasteiger partial charge in [0, 0.05) is 19.1 Å². The number of rotatable bonds is 5. The van der Waals surface area contributed by atoms with Gasteiger partial charge in [-0.3, -0.25) is 4.90 Å². The number of carboxylic acids is 1. The first kappa shape index (κ1) is 13.7. The fraction of sp³-hybridized carbons (Fsp3) is 0.583. The summed E-state index contributed by atoms with van der Waals surface area (Å²) in [5.41, 5.74) is -0.0204. The van der Waals surface area contributed by atoms with Crippen molar-refractivity contribution in [3.8, 4) is 0 Å². The van der Waals surface area contributed by atoms with Crippen molar-refractivity contribution in [1.29, 1.82) is 0 Å². The summed E-state index contributed by atoms with van der Waals surface area (Å²) < 4.78 is 3.53. The standard InChI is InChI=1S/C12H17N7O2/c1-8(2)19-11(13-7-14-19)6-17-3-9(4-17)18-5-10(12(20)21)15-16-18/h5,7-9H,3-4,6H2,1-2H3,(H,20,21). The molecular weight excluding hydrogens is 274 g/mol. The highest BCUT2D eigenvalue weighted by atomic mass is 16.4. The summed E-state index contributed by atoms with van der Waals surface area (Å²) in [4.78, 5) is 17.3. The van der Waals surface area contributed by atoms with Crippen LogP contribution in [0.5, 0.6) is 0 Å². The molecule has 3 heterocycles. The van der Waals surface area contributed by atoms with Crippen LogP contribution in [0.4, 0.5) is 0 Å². The molecule has 1 fully saturated rings. The van der Waals surface area contributed by atoms with Crippen LogP contribution in [-0.4, -0.2) is 58.8 Å². The Hall–Kier alpha value is -2.29. The zero-order valence-electron chi connectivity index (χ0n) is 11.9. The lowest BCUT2D eigenvalue weighted by Gasteiger charge is -2.38. The quantitative estimate of drug-likeness (QED) is 0.839. The number of carboxylic acid groups (broad SMARTS) is 1. The zero-order valence-corrected chi connectivity index (χ0v) is 11.9. The molecule has 1 N–H and O–H groups in total. The summed E-state index contributed by atoms with van der Waals surface area (Å²) in [6.07, 6.45) is 3.05. The summed E-state index contributed by atoms with van der Waals surface area (Å²) in [7, 11) is 0. The highest BCUT2D eigenvalue weighted by Crippen LogP contribution is 2.22. The topological polar surface area (TPSA) is 102 Å². The number of carbonyl (C=O) groups is 1. The number of likely N-dealkylation sites (tertiary alicyclic amines) is 1. The highest BCUT2D eigenvalue weighted by Gasteiger charge is 2.30. The van der Waals surface area contributed by atoms with E-state index in [-0.39, 0.29) is 17.8 Å².